The average Bonchev–Trinajstić information content (AvgIpc) is 3.42. The van der Waals surface area contributed by atoms with Crippen molar-refractivity contribution in [2.45, 2.75) is 44.3 Å². The van der Waals surface area contributed by atoms with Gasteiger partial charge in [-0.2, -0.15) is 0 Å². The first-order valence-corrected chi connectivity index (χ1v) is 10.4. The molecule has 0 aliphatic carbocycles. The van der Waals surface area contributed by atoms with Crippen LogP contribution in [0.5, 0.6) is 0 Å². The van der Waals surface area contributed by atoms with Crippen LogP contribution in [0.4, 0.5) is 4.39 Å². The Hall–Kier alpha value is -2.38. The number of amides is 2. The van der Waals surface area contributed by atoms with Crippen LogP contribution in [-0.2, 0) is 27.4 Å². The highest BCUT2D eigenvalue weighted by Crippen LogP contribution is 2.17. The van der Waals surface area contributed by atoms with Crippen LogP contribution in [0.15, 0.2) is 47.1 Å². The SMILES string of the molecule is CC(Cl)C(=O)N(CC(=O)N(Cc1ccc(F)cc1)Cc1ccco1)CC1CCCO1. The standard InChI is InChI=1S/C22H26ClFN2O4/c1-16(23)22(28)26(14-20-5-3-11-30-20)15-21(27)25(13-19-4-2-10-29-19)12-17-6-8-18(24)9-7-17/h2,4,6-10,16,20H,3,5,11-15H2,1H3. The molecule has 8 heteroatoms. The minimum Gasteiger partial charge on any atom is -0.467 e. The summed E-state index contributed by atoms with van der Waals surface area (Å²) in [5.41, 5.74) is 0.777. The summed E-state index contributed by atoms with van der Waals surface area (Å²) in [5, 5.41) is -0.741. The second kappa shape index (κ2) is 10.6. The molecule has 0 saturated carbocycles. The van der Waals surface area contributed by atoms with E-state index in [1.807, 2.05) is 0 Å². The van der Waals surface area contributed by atoms with Crippen molar-refractivity contribution in [2.24, 2.45) is 0 Å². The topological polar surface area (TPSA) is 63.0 Å². The molecule has 2 atom stereocenters. The highest BCUT2D eigenvalue weighted by molar-refractivity contribution is 6.30. The molecular formula is C22H26ClFN2O4. The molecule has 2 aromatic rings. The van der Waals surface area contributed by atoms with Gasteiger partial charge in [-0.15, -0.1) is 11.6 Å². The molecule has 162 valence electrons. The van der Waals surface area contributed by atoms with Gasteiger partial charge in [0.05, 0.1) is 25.5 Å². The number of halogens is 2. The van der Waals surface area contributed by atoms with Gasteiger partial charge in [0.25, 0.3) is 0 Å². The Balaban J connectivity index is 1.74. The maximum Gasteiger partial charge on any atom is 0.242 e. The van der Waals surface area contributed by atoms with Crippen LogP contribution in [0.2, 0.25) is 0 Å². The molecule has 6 nitrogen and oxygen atoms in total. The van der Waals surface area contributed by atoms with E-state index >= 15 is 0 Å². The monoisotopic (exact) mass is 436 g/mol. The second-order valence-electron chi connectivity index (χ2n) is 7.43. The zero-order valence-electron chi connectivity index (χ0n) is 16.9. The molecule has 1 saturated heterocycles. The lowest BCUT2D eigenvalue weighted by molar-refractivity contribution is -0.142. The van der Waals surface area contributed by atoms with E-state index in [1.165, 1.54) is 17.0 Å². The number of rotatable bonds is 9. The van der Waals surface area contributed by atoms with Crippen LogP contribution in [-0.4, -0.2) is 52.8 Å². The van der Waals surface area contributed by atoms with E-state index in [0.29, 0.717) is 18.9 Å². The van der Waals surface area contributed by atoms with Crippen LogP contribution >= 0.6 is 11.6 Å². The molecule has 1 aliphatic heterocycles. The molecule has 3 rings (SSSR count). The van der Waals surface area contributed by atoms with E-state index in [0.717, 1.165) is 18.4 Å². The summed E-state index contributed by atoms with van der Waals surface area (Å²) in [5.74, 6) is -0.278. The number of furan rings is 1. The smallest absolute Gasteiger partial charge is 0.242 e. The lowest BCUT2D eigenvalue weighted by Crippen LogP contribution is -2.47. The summed E-state index contributed by atoms with van der Waals surface area (Å²) >= 11 is 6.02. The molecular weight excluding hydrogens is 411 g/mol. The normalized spacial score (nSPS) is 17.0. The highest BCUT2D eigenvalue weighted by atomic mass is 35.5. The van der Waals surface area contributed by atoms with E-state index in [4.69, 9.17) is 20.8 Å². The third kappa shape index (κ3) is 6.31. The molecule has 1 aromatic carbocycles. The summed E-state index contributed by atoms with van der Waals surface area (Å²) in [6.45, 7) is 2.96. The van der Waals surface area contributed by atoms with Crippen molar-refractivity contribution < 1.29 is 23.1 Å². The Morgan fingerprint density at radius 3 is 2.57 bits per heavy atom. The van der Waals surface area contributed by atoms with E-state index in [2.05, 4.69) is 0 Å². The molecule has 0 N–H and O–H groups in total. The van der Waals surface area contributed by atoms with Crippen LogP contribution < -0.4 is 0 Å². The first-order chi connectivity index (χ1) is 14.4. The maximum absolute atomic E-state index is 13.3. The maximum atomic E-state index is 13.3. The van der Waals surface area contributed by atoms with Crippen molar-refractivity contribution in [3.05, 3.63) is 59.8 Å². The summed E-state index contributed by atoms with van der Waals surface area (Å²) in [6.07, 6.45) is 3.23. The number of nitrogens with zero attached hydrogens (tertiary/aromatic N) is 2. The molecule has 1 aliphatic rings. The Morgan fingerprint density at radius 1 is 1.20 bits per heavy atom. The second-order valence-corrected chi connectivity index (χ2v) is 8.08. The number of carbonyl (C=O) groups excluding carboxylic acids is 2. The molecule has 2 heterocycles. The Bertz CT molecular complexity index is 820. The van der Waals surface area contributed by atoms with Crippen LogP contribution in [0, 0.1) is 5.82 Å². The van der Waals surface area contributed by atoms with Gasteiger partial charge in [0, 0.05) is 19.7 Å². The fourth-order valence-corrected chi connectivity index (χ4v) is 3.55. The molecule has 0 spiro atoms. The fourth-order valence-electron chi connectivity index (χ4n) is 3.41. The summed E-state index contributed by atoms with van der Waals surface area (Å²) in [6, 6.07) is 9.50. The van der Waals surface area contributed by atoms with E-state index in [-0.39, 0.29) is 43.4 Å². The minimum absolute atomic E-state index is 0.0900. The minimum atomic E-state index is -0.741. The first-order valence-electron chi connectivity index (χ1n) is 10.0. The van der Waals surface area contributed by atoms with Gasteiger partial charge >= 0.3 is 0 Å². The fraction of sp³-hybridized carbons (Fsp3) is 0.455. The summed E-state index contributed by atoms with van der Waals surface area (Å²) < 4.78 is 24.3. The van der Waals surface area contributed by atoms with Crippen molar-refractivity contribution in [1.82, 2.24) is 9.80 Å². The lowest BCUT2D eigenvalue weighted by Gasteiger charge is -2.29. The van der Waals surface area contributed by atoms with Crippen molar-refractivity contribution in [3.63, 3.8) is 0 Å². The van der Waals surface area contributed by atoms with Crippen LogP contribution in [0.25, 0.3) is 0 Å². The first kappa shape index (κ1) is 22.3. The van der Waals surface area contributed by atoms with E-state index in [1.54, 1.807) is 42.4 Å². The van der Waals surface area contributed by atoms with Crippen LogP contribution in [0.1, 0.15) is 31.1 Å². The van der Waals surface area contributed by atoms with Gasteiger partial charge < -0.3 is 19.0 Å². The molecule has 2 amide bonds. The van der Waals surface area contributed by atoms with Crippen LogP contribution in [0.3, 0.4) is 0 Å². The largest absolute Gasteiger partial charge is 0.467 e. The number of hydrogen-bond donors (Lipinski definition) is 0. The predicted molar refractivity (Wildman–Crippen MR) is 110 cm³/mol. The van der Waals surface area contributed by atoms with Crippen molar-refractivity contribution in [1.29, 1.82) is 0 Å². The van der Waals surface area contributed by atoms with Crippen molar-refractivity contribution in [2.75, 3.05) is 19.7 Å². The number of hydrogen-bond acceptors (Lipinski definition) is 4. The van der Waals surface area contributed by atoms with Gasteiger partial charge in [0.15, 0.2) is 0 Å². The van der Waals surface area contributed by atoms with Crippen molar-refractivity contribution in [3.8, 4) is 0 Å². The van der Waals surface area contributed by atoms with E-state index < -0.39 is 5.38 Å². The number of alkyl halides is 1. The Labute approximate surface area is 180 Å². The number of carbonyl (C=O) groups is 2. The zero-order chi connectivity index (χ0) is 21.5. The van der Waals surface area contributed by atoms with E-state index in [9.17, 15) is 14.0 Å². The van der Waals surface area contributed by atoms with Gasteiger partial charge in [0.2, 0.25) is 11.8 Å². The highest BCUT2D eigenvalue weighted by Gasteiger charge is 2.28. The van der Waals surface area contributed by atoms with Gasteiger partial charge in [-0.05, 0) is 49.6 Å². The number of benzene rings is 1. The quantitative estimate of drug-likeness (QED) is 0.564. The third-order valence-corrected chi connectivity index (χ3v) is 5.18. The number of ether oxygens (including phenoxy) is 1. The third-order valence-electron chi connectivity index (χ3n) is 4.99. The Morgan fingerprint density at radius 2 is 1.97 bits per heavy atom. The van der Waals surface area contributed by atoms with Gasteiger partial charge in [-0.3, -0.25) is 9.59 Å². The summed E-state index contributed by atoms with van der Waals surface area (Å²) in [7, 11) is 0. The lowest BCUT2D eigenvalue weighted by atomic mass is 10.2. The molecule has 2 unspecified atom stereocenters. The van der Waals surface area contributed by atoms with Gasteiger partial charge in [-0.1, -0.05) is 12.1 Å². The average molecular weight is 437 g/mol. The summed E-state index contributed by atoms with van der Waals surface area (Å²) in [4.78, 5) is 28.8. The van der Waals surface area contributed by atoms with Gasteiger partial charge in [0.1, 0.15) is 17.0 Å². The molecule has 30 heavy (non-hydrogen) atoms. The zero-order valence-corrected chi connectivity index (χ0v) is 17.7. The predicted octanol–water partition coefficient (Wildman–Crippen LogP) is 3.58. The Kier molecular flexibility index (Phi) is 7.87. The van der Waals surface area contributed by atoms with Crippen molar-refractivity contribution >= 4 is 23.4 Å². The van der Waals surface area contributed by atoms with Gasteiger partial charge in [-0.25, -0.2) is 4.39 Å². The molecule has 0 radical (unpaired) electrons. The molecule has 1 aromatic heterocycles. The molecule has 1 fully saturated rings. The molecule has 0 bridgehead atoms.